The number of ether oxygens (including phenoxy) is 2. The number of aliphatic hydroxyl groups excluding tert-OH is 1. The molecular weight excluding hydrogens is 634 g/mol. The van der Waals surface area contributed by atoms with Crippen LogP contribution in [-0.2, 0) is 20.7 Å². The average molecular weight is 669 g/mol. The molecule has 0 spiro atoms. The molecule has 1 saturated heterocycles. The minimum Gasteiger partial charge on any atom is -0.447 e. The molecule has 2 amide bonds. The number of halogens is 6. The summed E-state index contributed by atoms with van der Waals surface area (Å²) in [5.41, 5.74) is 7.70. The molecule has 0 saturated carbocycles. The number of hydrogen-bond acceptors (Lipinski definition) is 7. The summed E-state index contributed by atoms with van der Waals surface area (Å²) >= 11 is 0. The Morgan fingerprint density at radius 2 is 1.62 bits per heavy atom. The number of alkyl carbamates (subject to hydrolysis) is 1. The van der Waals surface area contributed by atoms with E-state index >= 15 is 4.39 Å². The third kappa shape index (κ3) is 10.2. The maximum absolute atomic E-state index is 15.1. The summed E-state index contributed by atoms with van der Waals surface area (Å²) in [7, 11) is 0. The average Bonchev–Trinajstić information content (AvgIpc) is 3.04. The van der Waals surface area contributed by atoms with Crippen LogP contribution >= 0.6 is 0 Å². The summed E-state index contributed by atoms with van der Waals surface area (Å²) in [4.78, 5) is 25.1. The van der Waals surface area contributed by atoms with Gasteiger partial charge in [0.1, 0.15) is 36.7 Å². The number of nitrogens with one attached hydrogen (secondary N) is 3. The Bertz CT molecular complexity index is 1450. The van der Waals surface area contributed by atoms with Gasteiger partial charge in [-0.1, -0.05) is 30.3 Å². The number of amides is 2. The molecule has 4 rings (SSSR count). The Labute approximate surface area is 266 Å². The van der Waals surface area contributed by atoms with Crippen molar-refractivity contribution in [3.8, 4) is 0 Å². The number of alkyl halides is 3. The molecule has 0 aromatic heterocycles. The molecule has 0 bridgehead atoms. The molecule has 0 aliphatic carbocycles. The van der Waals surface area contributed by atoms with E-state index in [2.05, 4.69) is 10.6 Å². The van der Waals surface area contributed by atoms with E-state index < -0.39 is 85.6 Å². The predicted octanol–water partition coefficient (Wildman–Crippen LogP) is 4.14. The van der Waals surface area contributed by atoms with Gasteiger partial charge in [0.15, 0.2) is 0 Å². The quantitative estimate of drug-likeness (QED) is 0.183. The molecule has 15 heteroatoms. The molecule has 4 atom stereocenters. The van der Waals surface area contributed by atoms with E-state index in [0.29, 0.717) is 11.1 Å². The van der Waals surface area contributed by atoms with Crippen molar-refractivity contribution in [3.05, 3.63) is 101 Å². The molecule has 3 aromatic carbocycles. The van der Waals surface area contributed by atoms with Crippen LogP contribution in [0.2, 0.25) is 0 Å². The van der Waals surface area contributed by atoms with Gasteiger partial charge in [-0.05, 0) is 60.4 Å². The highest BCUT2D eigenvalue weighted by Crippen LogP contribution is 2.30. The predicted molar refractivity (Wildman–Crippen MR) is 159 cm³/mol. The van der Waals surface area contributed by atoms with Crippen LogP contribution < -0.4 is 21.7 Å². The van der Waals surface area contributed by atoms with Crippen LogP contribution in [0.15, 0.2) is 66.7 Å². The van der Waals surface area contributed by atoms with Gasteiger partial charge < -0.3 is 36.3 Å². The first-order valence-corrected chi connectivity index (χ1v) is 14.7. The smallest absolute Gasteiger partial charge is 0.407 e. The lowest BCUT2D eigenvalue weighted by molar-refractivity contribution is -0.125. The van der Waals surface area contributed by atoms with Crippen molar-refractivity contribution in [2.75, 3.05) is 31.6 Å². The number of hydrogen-bond donors (Lipinski definition) is 5. The van der Waals surface area contributed by atoms with Crippen molar-refractivity contribution >= 4 is 17.7 Å². The first kappa shape index (κ1) is 35.7. The van der Waals surface area contributed by atoms with E-state index in [1.165, 1.54) is 66.7 Å². The van der Waals surface area contributed by atoms with Crippen LogP contribution in [0.1, 0.15) is 29.0 Å². The monoisotopic (exact) mass is 668 g/mol. The molecule has 1 heterocycles. The van der Waals surface area contributed by atoms with Gasteiger partial charge in [0.05, 0.1) is 24.8 Å². The van der Waals surface area contributed by atoms with E-state index in [1.807, 2.05) is 0 Å². The third-order valence-corrected chi connectivity index (χ3v) is 7.65. The fraction of sp³-hybridized carbons (Fsp3) is 0.375. The van der Waals surface area contributed by atoms with E-state index in [-0.39, 0.29) is 30.6 Å². The van der Waals surface area contributed by atoms with Gasteiger partial charge >= 0.3 is 12.3 Å². The molecule has 3 aromatic rings. The zero-order valence-electron chi connectivity index (χ0n) is 24.9. The van der Waals surface area contributed by atoms with Gasteiger partial charge in [-0.25, -0.2) is 18.0 Å². The fourth-order valence-corrected chi connectivity index (χ4v) is 5.24. The standard InChI is InChI=1S/C32H34F6N4O5/c33-20-8-4-18(5-9-20)28(19-6-10-21(34)11-7-19)29(39)30(44)42-25-3-1-2-24(35)23(25)13-12-22-14-40-26(15-43)27(47-22)16-46-31(45)41-17-32(36,37)38/h1-11,22,26-29,40,43H,12-17,39H2,(H,41,45)(H,42,44)/t22-,26-,27-,29?/m1/s1. The van der Waals surface area contributed by atoms with E-state index in [1.54, 1.807) is 5.32 Å². The normalized spacial score (nSPS) is 18.9. The van der Waals surface area contributed by atoms with Crippen LogP contribution in [0.4, 0.5) is 36.8 Å². The van der Waals surface area contributed by atoms with Crippen molar-refractivity contribution in [1.82, 2.24) is 10.6 Å². The molecule has 1 aliphatic heterocycles. The van der Waals surface area contributed by atoms with Crippen molar-refractivity contribution in [2.45, 2.75) is 49.2 Å². The number of aliphatic hydroxyl groups is 1. The minimum atomic E-state index is -4.62. The molecule has 0 radical (unpaired) electrons. The molecule has 6 N–H and O–H groups in total. The Kier molecular flexibility index (Phi) is 12.2. The Hall–Kier alpha value is -4.18. The fourth-order valence-electron chi connectivity index (χ4n) is 5.24. The van der Waals surface area contributed by atoms with E-state index in [4.69, 9.17) is 15.2 Å². The summed E-state index contributed by atoms with van der Waals surface area (Å²) in [6.45, 7) is -2.22. The first-order chi connectivity index (χ1) is 22.3. The van der Waals surface area contributed by atoms with Crippen molar-refractivity contribution in [2.24, 2.45) is 5.73 Å². The molecule has 1 fully saturated rings. The first-order valence-electron chi connectivity index (χ1n) is 14.7. The number of morpholine rings is 1. The third-order valence-electron chi connectivity index (χ3n) is 7.65. The van der Waals surface area contributed by atoms with Crippen LogP contribution in [0.25, 0.3) is 0 Å². The van der Waals surface area contributed by atoms with Crippen molar-refractivity contribution in [3.63, 3.8) is 0 Å². The van der Waals surface area contributed by atoms with Gasteiger partial charge in [-0.2, -0.15) is 13.2 Å². The maximum atomic E-state index is 15.1. The zero-order chi connectivity index (χ0) is 34.1. The lowest BCUT2D eigenvalue weighted by Crippen LogP contribution is -2.56. The minimum absolute atomic E-state index is 0.0622. The largest absolute Gasteiger partial charge is 0.447 e. The summed E-state index contributed by atoms with van der Waals surface area (Å²) < 4.78 is 90.2. The second-order valence-electron chi connectivity index (χ2n) is 11.0. The Balaban J connectivity index is 1.43. The number of benzene rings is 3. The maximum Gasteiger partial charge on any atom is 0.407 e. The number of anilines is 1. The number of carbonyl (C=O) groups is 2. The van der Waals surface area contributed by atoms with Crippen molar-refractivity contribution < 1.29 is 50.5 Å². The second kappa shape index (κ2) is 16.1. The molecule has 1 aliphatic rings. The van der Waals surface area contributed by atoms with Gasteiger partial charge in [-0.15, -0.1) is 0 Å². The molecule has 47 heavy (non-hydrogen) atoms. The summed E-state index contributed by atoms with van der Waals surface area (Å²) in [6, 6.07) is 12.9. The highest BCUT2D eigenvalue weighted by molar-refractivity contribution is 5.96. The number of carbonyl (C=O) groups excluding carboxylic acids is 2. The van der Waals surface area contributed by atoms with E-state index in [0.717, 1.165) is 0 Å². The van der Waals surface area contributed by atoms with Crippen LogP contribution in [-0.4, -0.2) is 73.9 Å². The lowest BCUT2D eigenvalue weighted by Gasteiger charge is -2.36. The van der Waals surface area contributed by atoms with Crippen LogP contribution in [0, 0.1) is 17.5 Å². The SMILES string of the molecule is NC(C(=O)Nc1cccc(F)c1CC[C@@H]1CN[C@H](CO)[C@@H](COC(=O)NCC(F)(F)F)O1)C(c1ccc(F)cc1)c1ccc(F)cc1. The van der Waals surface area contributed by atoms with Gasteiger partial charge in [0.25, 0.3) is 0 Å². The summed E-state index contributed by atoms with van der Waals surface area (Å²) in [5.74, 6) is -3.10. The summed E-state index contributed by atoms with van der Waals surface area (Å²) in [6.07, 6.45) is -7.17. The molecule has 254 valence electrons. The van der Waals surface area contributed by atoms with Gasteiger partial charge in [-0.3, -0.25) is 4.79 Å². The number of nitrogens with two attached hydrogens (primary N) is 1. The lowest BCUT2D eigenvalue weighted by atomic mass is 9.85. The molecular formula is C32H34F6N4O5. The highest BCUT2D eigenvalue weighted by atomic mass is 19.4. The van der Waals surface area contributed by atoms with Crippen LogP contribution in [0.3, 0.4) is 0 Å². The van der Waals surface area contributed by atoms with E-state index in [9.17, 15) is 36.6 Å². The zero-order valence-corrected chi connectivity index (χ0v) is 24.9. The Morgan fingerprint density at radius 3 is 2.19 bits per heavy atom. The molecule has 9 nitrogen and oxygen atoms in total. The topological polar surface area (TPSA) is 135 Å². The number of rotatable bonds is 12. The van der Waals surface area contributed by atoms with Gasteiger partial charge in [0, 0.05) is 23.7 Å². The Morgan fingerprint density at radius 1 is 1.00 bits per heavy atom. The van der Waals surface area contributed by atoms with Crippen molar-refractivity contribution in [1.29, 1.82) is 0 Å². The molecule has 1 unspecified atom stereocenters. The second-order valence-corrected chi connectivity index (χ2v) is 11.0. The highest BCUT2D eigenvalue weighted by Gasteiger charge is 2.33. The summed E-state index contributed by atoms with van der Waals surface area (Å²) in [5, 5.41) is 16.9. The van der Waals surface area contributed by atoms with Gasteiger partial charge in [0.2, 0.25) is 5.91 Å². The van der Waals surface area contributed by atoms with Crippen LogP contribution in [0.5, 0.6) is 0 Å².